The second-order valence-electron chi connectivity index (χ2n) is 6.54. The number of fused-ring (bicyclic) bond motifs is 1. The molecule has 2 N–H and O–H groups in total. The molecule has 2 aromatic carbocycles. The van der Waals surface area contributed by atoms with E-state index in [9.17, 15) is 0 Å². The number of ether oxygens (including phenoxy) is 1. The summed E-state index contributed by atoms with van der Waals surface area (Å²) < 4.78 is 9.54. The first-order valence-electron chi connectivity index (χ1n) is 8.85. The summed E-state index contributed by atoms with van der Waals surface area (Å²) in [7, 11) is 0. The Kier molecular flexibility index (Phi) is 5.53. The summed E-state index contributed by atoms with van der Waals surface area (Å²) in [5.41, 5.74) is 1.85. The van der Waals surface area contributed by atoms with Crippen LogP contribution in [0.1, 0.15) is 32.1 Å². The normalized spacial score (nSPS) is 15.3. The van der Waals surface area contributed by atoms with E-state index in [4.69, 9.17) is 27.9 Å². The minimum atomic E-state index is 0.355. The summed E-state index contributed by atoms with van der Waals surface area (Å²) in [4.78, 5) is 4.28. The Labute approximate surface area is 167 Å². The topological polar surface area (TPSA) is 37.0 Å². The van der Waals surface area contributed by atoms with E-state index < -0.39 is 0 Å². The molecule has 3 nitrogen and oxygen atoms in total. The number of anilines is 1. The third-order valence-corrected chi connectivity index (χ3v) is 6.10. The highest BCUT2D eigenvalue weighted by atomic mass is 35.5. The molecule has 0 spiro atoms. The number of aromatic amines is 1. The molecule has 26 heavy (non-hydrogen) atoms. The van der Waals surface area contributed by atoms with Gasteiger partial charge in [-0.15, -0.1) is 0 Å². The molecule has 4 rings (SSSR count). The van der Waals surface area contributed by atoms with Crippen LogP contribution in [0.5, 0.6) is 5.75 Å². The van der Waals surface area contributed by atoms with E-state index in [0.717, 1.165) is 40.1 Å². The maximum absolute atomic E-state index is 6.25. The average Bonchev–Trinajstić information content (AvgIpc) is 3.05. The monoisotopic (exact) mass is 406 g/mol. The van der Waals surface area contributed by atoms with Gasteiger partial charge in [0.1, 0.15) is 5.75 Å². The highest BCUT2D eigenvalue weighted by Gasteiger charge is 2.15. The standard InChI is InChI=1S/C20H20Cl2N2OS/c21-16-9-10-18(20-19(16)17(22)12-23-20)24-26-15-8-4-7-14(11-15)25-13-5-2-1-3-6-13/h4,7-13,23-24H,1-3,5-6H2. The third-order valence-electron chi connectivity index (χ3n) is 4.68. The lowest BCUT2D eigenvalue weighted by Crippen LogP contribution is -2.19. The van der Waals surface area contributed by atoms with E-state index in [1.54, 1.807) is 18.1 Å². The Balaban J connectivity index is 1.46. The van der Waals surface area contributed by atoms with Crippen LogP contribution in [-0.2, 0) is 0 Å². The molecule has 3 aromatic rings. The predicted molar refractivity (Wildman–Crippen MR) is 112 cm³/mol. The number of H-pyrrole nitrogens is 1. The Morgan fingerprint density at radius 2 is 1.88 bits per heavy atom. The molecule has 1 aliphatic rings. The van der Waals surface area contributed by atoms with Gasteiger partial charge in [0.05, 0.1) is 27.4 Å². The summed E-state index contributed by atoms with van der Waals surface area (Å²) in [5, 5.41) is 2.11. The number of rotatable bonds is 5. The quantitative estimate of drug-likeness (QED) is 0.436. The molecule has 0 atom stereocenters. The van der Waals surface area contributed by atoms with Crippen molar-refractivity contribution in [3.63, 3.8) is 0 Å². The first-order valence-corrected chi connectivity index (χ1v) is 10.4. The lowest BCUT2D eigenvalue weighted by molar-refractivity contribution is 0.154. The molecule has 1 saturated carbocycles. The van der Waals surface area contributed by atoms with E-state index in [1.165, 1.54) is 19.3 Å². The van der Waals surface area contributed by atoms with E-state index in [-0.39, 0.29) is 0 Å². The van der Waals surface area contributed by atoms with Crippen molar-refractivity contribution in [2.24, 2.45) is 0 Å². The molecule has 136 valence electrons. The Bertz CT molecular complexity index is 906. The van der Waals surface area contributed by atoms with Gasteiger partial charge >= 0.3 is 0 Å². The molecule has 0 saturated heterocycles. The van der Waals surface area contributed by atoms with Crippen molar-refractivity contribution in [1.82, 2.24) is 4.98 Å². The van der Waals surface area contributed by atoms with Gasteiger partial charge in [-0.1, -0.05) is 35.7 Å². The van der Waals surface area contributed by atoms with Crippen molar-refractivity contribution in [3.8, 4) is 5.75 Å². The molecular weight excluding hydrogens is 387 g/mol. The average molecular weight is 407 g/mol. The zero-order valence-electron chi connectivity index (χ0n) is 14.2. The number of aromatic nitrogens is 1. The molecule has 1 fully saturated rings. The number of hydrogen-bond donors (Lipinski definition) is 2. The van der Waals surface area contributed by atoms with Crippen LogP contribution >= 0.6 is 35.1 Å². The van der Waals surface area contributed by atoms with Crippen molar-refractivity contribution >= 4 is 51.7 Å². The van der Waals surface area contributed by atoms with E-state index in [2.05, 4.69) is 21.8 Å². The second-order valence-corrected chi connectivity index (χ2v) is 8.23. The Hall–Kier alpha value is -1.49. The van der Waals surface area contributed by atoms with Crippen molar-refractivity contribution in [1.29, 1.82) is 0 Å². The molecule has 1 heterocycles. The Morgan fingerprint density at radius 1 is 1.04 bits per heavy atom. The van der Waals surface area contributed by atoms with Gasteiger partial charge in [0.15, 0.2) is 0 Å². The highest BCUT2D eigenvalue weighted by Crippen LogP contribution is 2.36. The van der Waals surface area contributed by atoms with Gasteiger partial charge < -0.3 is 14.4 Å². The van der Waals surface area contributed by atoms with E-state index >= 15 is 0 Å². The zero-order valence-corrected chi connectivity index (χ0v) is 16.6. The molecule has 0 unspecified atom stereocenters. The number of halogens is 2. The molecule has 0 radical (unpaired) electrons. The fraction of sp³-hybridized carbons (Fsp3) is 0.300. The predicted octanol–water partition coefficient (Wildman–Crippen LogP) is 7.31. The smallest absolute Gasteiger partial charge is 0.120 e. The van der Waals surface area contributed by atoms with Crippen LogP contribution in [-0.4, -0.2) is 11.1 Å². The largest absolute Gasteiger partial charge is 0.490 e. The summed E-state index contributed by atoms with van der Waals surface area (Å²) in [5.74, 6) is 0.938. The second kappa shape index (κ2) is 8.03. The van der Waals surface area contributed by atoms with Crippen molar-refractivity contribution in [2.75, 3.05) is 4.72 Å². The first-order chi connectivity index (χ1) is 12.7. The molecular formula is C20H20Cl2N2OS. The lowest BCUT2D eigenvalue weighted by atomic mass is 9.98. The minimum absolute atomic E-state index is 0.355. The fourth-order valence-corrected chi connectivity index (χ4v) is 4.63. The maximum atomic E-state index is 6.25. The molecule has 0 aliphatic heterocycles. The summed E-state index contributed by atoms with van der Waals surface area (Å²) in [6.45, 7) is 0. The van der Waals surface area contributed by atoms with Crippen LogP contribution in [0.15, 0.2) is 47.5 Å². The van der Waals surface area contributed by atoms with Gasteiger partial charge in [0.25, 0.3) is 0 Å². The van der Waals surface area contributed by atoms with Crippen LogP contribution in [0.3, 0.4) is 0 Å². The van der Waals surface area contributed by atoms with Gasteiger partial charge in [0.2, 0.25) is 0 Å². The SMILES string of the molecule is Clc1ccc(NSc2cccc(OC3CCCCC3)c2)c2[nH]cc(Cl)c12. The van der Waals surface area contributed by atoms with Crippen molar-refractivity contribution in [2.45, 2.75) is 43.1 Å². The van der Waals surface area contributed by atoms with Crippen LogP contribution in [0.2, 0.25) is 10.0 Å². The van der Waals surface area contributed by atoms with Gasteiger partial charge in [0, 0.05) is 16.5 Å². The van der Waals surface area contributed by atoms with Crippen LogP contribution in [0.4, 0.5) is 5.69 Å². The Morgan fingerprint density at radius 3 is 2.73 bits per heavy atom. The van der Waals surface area contributed by atoms with Crippen molar-refractivity contribution < 1.29 is 4.74 Å². The molecule has 1 aromatic heterocycles. The highest BCUT2D eigenvalue weighted by molar-refractivity contribution is 8.00. The maximum Gasteiger partial charge on any atom is 0.120 e. The van der Waals surface area contributed by atoms with Crippen molar-refractivity contribution in [3.05, 3.63) is 52.6 Å². The zero-order chi connectivity index (χ0) is 17.9. The number of hydrogen-bond acceptors (Lipinski definition) is 3. The minimum Gasteiger partial charge on any atom is -0.490 e. The summed E-state index contributed by atoms with van der Waals surface area (Å²) in [6.07, 6.45) is 8.30. The number of nitrogens with one attached hydrogen (secondary N) is 2. The van der Waals surface area contributed by atoms with Gasteiger partial charge in [-0.2, -0.15) is 0 Å². The van der Waals surface area contributed by atoms with Gasteiger partial charge in [-0.3, -0.25) is 0 Å². The summed E-state index contributed by atoms with van der Waals surface area (Å²) >= 11 is 14.0. The molecule has 0 amide bonds. The summed E-state index contributed by atoms with van der Waals surface area (Å²) in [6, 6.07) is 12.0. The number of benzene rings is 2. The van der Waals surface area contributed by atoms with E-state index in [1.807, 2.05) is 24.3 Å². The van der Waals surface area contributed by atoms with Crippen LogP contribution in [0, 0.1) is 0 Å². The lowest BCUT2D eigenvalue weighted by Gasteiger charge is -2.23. The van der Waals surface area contributed by atoms with Gasteiger partial charge in [-0.25, -0.2) is 0 Å². The van der Waals surface area contributed by atoms with E-state index in [0.29, 0.717) is 16.1 Å². The molecule has 1 aliphatic carbocycles. The third kappa shape index (κ3) is 3.93. The first kappa shape index (κ1) is 17.9. The molecule has 0 bridgehead atoms. The molecule has 6 heteroatoms. The van der Waals surface area contributed by atoms with Crippen LogP contribution < -0.4 is 9.46 Å². The fourth-order valence-electron chi connectivity index (χ4n) is 3.35. The van der Waals surface area contributed by atoms with Gasteiger partial charge in [-0.05, 0) is 68.0 Å². The van der Waals surface area contributed by atoms with Crippen LogP contribution in [0.25, 0.3) is 10.9 Å².